The Balaban J connectivity index is 2.47. The smallest absolute Gasteiger partial charge is 0.123 e. The molecule has 1 atom stereocenters. The summed E-state index contributed by atoms with van der Waals surface area (Å²) in [7, 11) is 1.67. The minimum atomic E-state index is 0.0254. The lowest BCUT2D eigenvalue weighted by Crippen LogP contribution is -2.17. The fraction of sp³-hybridized carbons (Fsp3) is 0.400. The molecule has 0 fully saturated rings. The Bertz CT molecular complexity index is 312. The number of fused-ring (bicyclic) bond motifs is 1. The Morgan fingerprint density at radius 2 is 2.38 bits per heavy atom. The number of phenolic OH excluding ortho intramolecular Hbond substituents is 1. The summed E-state index contributed by atoms with van der Waals surface area (Å²) in [5.41, 5.74) is 1.87. The predicted molar refractivity (Wildman–Crippen MR) is 51.0 cm³/mol. The minimum Gasteiger partial charge on any atom is -0.507 e. The third-order valence-electron chi connectivity index (χ3n) is 2.41. The van der Waals surface area contributed by atoms with Crippen molar-refractivity contribution in [1.29, 1.82) is 0 Å². The first kappa shape index (κ1) is 8.38. The maximum atomic E-state index is 9.64. The standard InChI is InChI=1S/C10H13NO2/c1-13-9-5-6-11-7-3-2-4-8(12)10(7)9/h2-4,9,11-12H,5-6H2,1H3. The molecule has 13 heavy (non-hydrogen) atoms. The number of methoxy groups -OCH3 is 1. The van der Waals surface area contributed by atoms with Crippen LogP contribution in [0.2, 0.25) is 0 Å². The summed E-state index contributed by atoms with van der Waals surface area (Å²) in [6, 6.07) is 5.48. The van der Waals surface area contributed by atoms with E-state index in [1.807, 2.05) is 12.1 Å². The molecule has 2 N–H and O–H groups in total. The fourth-order valence-corrected chi connectivity index (χ4v) is 1.76. The van der Waals surface area contributed by atoms with Crippen LogP contribution >= 0.6 is 0 Å². The van der Waals surface area contributed by atoms with Crippen molar-refractivity contribution >= 4 is 5.69 Å². The highest BCUT2D eigenvalue weighted by atomic mass is 16.5. The van der Waals surface area contributed by atoms with Gasteiger partial charge in [0.15, 0.2) is 0 Å². The third-order valence-corrected chi connectivity index (χ3v) is 2.41. The molecule has 0 saturated carbocycles. The number of nitrogens with one attached hydrogen (secondary N) is 1. The molecule has 0 radical (unpaired) electrons. The zero-order chi connectivity index (χ0) is 9.26. The Morgan fingerprint density at radius 3 is 3.15 bits per heavy atom. The first-order chi connectivity index (χ1) is 6.33. The van der Waals surface area contributed by atoms with Gasteiger partial charge in [-0.1, -0.05) is 6.07 Å². The summed E-state index contributed by atoms with van der Waals surface area (Å²) in [4.78, 5) is 0. The number of anilines is 1. The van der Waals surface area contributed by atoms with Crippen LogP contribution in [-0.4, -0.2) is 18.8 Å². The van der Waals surface area contributed by atoms with Crippen molar-refractivity contribution in [1.82, 2.24) is 0 Å². The van der Waals surface area contributed by atoms with E-state index >= 15 is 0 Å². The molecule has 3 nitrogen and oxygen atoms in total. The summed E-state index contributed by atoms with van der Waals surface area (Å²) in [5.74, 6) is 0.316. The summed E-state index contributed by atoms with van der Waals surface area (Å²) in [6.45, 7) is 0.898. The number of hydrogen-bond acceptors (Lipinski definition) is 3. The molecule has 0 amide bonds. The highest BCUT2D eigenvalue weighted by molar-refractivity contribution is 5.59. The number of aromatic hydroxyl groups is 1. The molecule has 0 aliphatic carbocycles. The van der Waals surface area contributed by atoms with Gasteiger partial charge in [0.05, 0.1) is 6.10 Å². The lowest BCUT2D eigenvalue weighted by atomic mass is 9.99. The molecular weight excluding hydrogens is 166 g/mol. The van der Waals surface area contributed by atoms with Crippen LogP contribution in [0.25, 0.3) is 0 Å². The third kappa shape index (κ3) is 1.35. The second kappa shape index (κ2) is 3.26. The van der Waals surface area contributed by atoms with E-state index in [9.17, 15) is 5.11 Å². The molecule has 0 spiro atoms. The van der Waals surface area contributed by atoms with Crippen molar-refractivity contribution in [3.8, 4) is 5.75 Å². The molecule has 1 heterocycles. The zero-order valence-electron chi connectivity index (χ0n) is 7.58. The van der Waals surface area contributed by atoms with Crippen molar-refractivity contribution in [3.63, 3.8) is 0 Å². The highest BCUT2D eigenvalue weighted by Crippen LogP contribution is 2.37. The molecule has 1 aliphatic rings. The lowest BCUT2D eigenvalue weighted by molar-refractivity contribution is 0.0942. The molecule has 1 aromatic carbocycles. The normalized spacial score (nSPS) is 20.5. The summed E-state index contributed by atoms with van der Waals surface area (Å²) < 4.78 is 5.30. The molecule has 0 bridgehead atoms. The van der Waals surface area contributed by atoms with Crippen LogP contribution in [0.3, 0.4) is 0 Å². The average Bonchev–Trinajstić information content (AvgIpc) is 2.17. The SMILES string of the molecule is COC1CCNc2cccc(O)c21. The van der Waals surface area contributed by atoms with Gasteiger partial charge in [0.1, 0.15) is 5.75 Å². The molecule has 0 saturated heterocycles. The van der Waals surface area contributed by atoms with Gasteiger partial charge in [-0.25, -0.2) is 0 Å². The lowest BCUT2D eigenvalue weighted by Gasteiger charge is -2.26. The van der Waals surface area contributed by atoms with Gasteiger partial charge in [-0.3, -0.25) is 0 Å². The molecule has 0 aromatic heterocycles. The van der Waals surface area contributed by atoms with Gasteiger partial charge in [0.25, 0.3) is 0 Å². The van der Waals surface area contributed by atoms with Crippen molar-refractivity contribution in [2.75, 3.05) is 19.0 Å². The van der Waals surface area contributed by atoms with Crippen LogP contribution in [-0.2, 0) is 4.74 Å². The number of benzene rings is 1. The maximum absolute atomic E-state index is 9.64. The number of rotatable bonds is 1. The van der Waals surface area contributed by atoms with E-state index in [1.165, 1.54) is 0 Å². The van der Waals surface area contributed by atoms with Crippen LogP contribution in [0, 0.1) is 0 Å². The summed E-state index contributed by atoms with van der Waals surface area (Å²) in [5, 5.41) is 12.9. The minimum absolute atomic E-state index is 0.0254. The van der Waals surface area contributed by atoms with Crippen LogP contribution < -0.4 is 5.32 Å². The first-order valence-electron chi connectivity index (χ1n) is 4.41. The van der Waals surface area contributed by atoms with E-state index in [-0.39, 0.29) is 6.10 Å². The van der Waals surface area contributed by atoms with Gasteiger partial charge in [-0.05, 0) is 18.6 Å². The van der Waals surface area contributed by atoms with Crippen molar-refractivity contribution in [3.05, 3.63) is 23.8 Å². The molecule has 1 unspecified atom stereocenters. The quantitative estimate of drug-likeness (QED) is 0.691. The molecule has 3 heteroatoms. The summed E-state index contributed by atoms with van der Waals surface area (Å²) >= 11 is 0. The van der Waals surface area contributed by atoms with E-state index in [0.29, 0.717) is 5.75 Å². The highest BCUT2D eigenvalue weighted by Gasteiger charge is 2.22. The van der Waals surface area contributed by atoms with Crippen LogP contribution in [0.5, 0.6) is 5.75 Å². The number of hydrogen-bond donors (Lipinski definition) is 2. The van der Waals surface area contributed by atoms with Gasteiger partial charge in [0, 0.05) is 24.9 Å². The van der Waals surface area contributed by atoms with E-state index < -0.39 is 0 Å². The molecule has 70 valence electrons. The largest absolute Gasteiger partial charge is 0.507 e. The Morgan fingerprint density at radius 1 is 1.54 bits per heavy atom. The van der Waals surface area contributed by atoms with Gasteiger partial charge in [0.2, 0.25) is 0 Å². The molecule has 1 aliphatic heterocycles. The van der Waals surface area contributed by atoms with Gasteiger partial charge < -0.3 is 15.2 Å². The first-order valence-corrected chi connectivity index (χ1v) is 4.41. The molecule has 2 rings (SSSR count). The van der Waals surface area contributed by atoms with Crippen LogP contribution in [0.15, 0.2) is 18.2 Å². The topological polar surface area (TPSA) is 41.5 Å². The Labute approximate surface area is 77.3 Å². The van der Waals surface area contributed by atoms with E-state index in [2.05, 4.69) is 5.32 Å². The Hall–Kier alpha value is -1.22. The van der Waals surface area contributed by atoms with Crippen molar-refractivity contribution < 1.29 is 9.84 Å². The maximum Gasteiger partial charge on any atom is 0.123 e. The van der Waals surface area contributed by atoms with E-state index in [0.717, 1.165) is 24.2 Å². The number of phenols is 1. The average molecular weight is 179 g/mol. The van der Waals surface area contributed by atoms with Crippen LogP contribution in [0.4, 0.5) is 5.69 Å². The monoisotopic (exact) mass is 179 g/mol. The molecular formula is C10H13NO2. The Kier molecular flexibility index (Phi) is 2.10. The van der Waals surface area contributed by atoms with Gasteiger partial charge in [-0.2, -0.15) is 0 Å². The second-order valence-electron chi connectivity index (χ2n) is 3.18. The fourth-order valence-electron chi connectivity index (χ4n) is 1.76. The predicted octanol–water partition coefficient (Wildman–Crippen LogP) is 1.90. The second-order valence-corrected chi connectivity index (χ2v) is 3.18. The van der Waals surface area contributed by atoms with Crippen LogP contribution in [0.1, 0.15) is 18.1 Å². The van der Waals surface area contributed by atoms with Crippen molar-refractivity contribution in [2.45, 2.75) is 12.5 Å². The van der Waals surface area contributed by atoms with Gasteiger partial charge in [-0.15, -0.1) is 0 Å². The summed E-state index contributed by atoms with van der Waals surface area (Å²) in [6.07, 6.45) is 0.929. The zero-order valence-corrected chi connectivity index (χ0v) is 7.58. The van der Waals surface area contributed by atoms with E-state index in [1.54, 1.807) is 13.2 Å². The van der Waals surface area contributed by atoms with Crippen molar-refractivity contribution in [2.24, 2.45) is 0 Å². The van der Waals surface area contributed by atoms with Gasteiger partial charge >= 0.3 is 0 Å². The number of ether oxygens (including phenoxy) is 1. The van der Waals surface area contributed by atoms with E-state index in [4.69, 9.17) is 4.74 Å². The molecule has 1 aromatic rings.